The van der Waals surface area contributed by atoms with Gasteiger partial charge in [0, 0.05) is 4.91 Å². The Morgan fingerprint density at radius 2 is 1.63 bits per heavy atom. The minimum absolute atomic E-state index is 0.160. The molecule has 1 unspecified atom stereocenters. The number of azide groups is 1. The third-order valence-electron chi connectivity index (χ3n) is 2.80. The summed E-state index contributed by atoms with van der Waals surface area (Å²) < 4.78 is 0. The lowest BCUT2D eigenvalue weighted by Gasteiger charge is -2.05. The highest BCUT2D eigenvalue weighted by molar-refractivity contribution is 5.49. The van der Waals surface area contributed by atoms with Crippen LogP contribution in [0, 0.1) is 0 Å². The van der Waals surface area contributed by atoms with Crippen molar-refractivity contribution in [1.29, 1.82) is 0 Å². The molecule has 0 amide bonds. The topological polar surface area (TPSA) is 48.8 Å². The number of nitrogens with zero attached hydrogens (tertiary/aromatic N) is 3. The Bertz CT molecular complexity index is 569. The van der Waals surface area contributed by atoms with Crippen LogP contribution in [0.15, 0.2) is 71.9 Å². The van der Waals surface area contributed by atoms with E-state index in [0.717, 1.165) is 11.1 Å². The Labute approximate surface area is 112 Å². The van der Waals surface area contributed by atoms with Crippen LogP contribution < -0.4 is 0 Å². The van der Waals surface area contributed by atoms with Crippen molar-refractivity contribution in [3.63, 3.8) is 0 Å². The van der Waals surface area contributed by atoms with Gasteiger partial charge < -0.3 is 0 Å². The molecule has 0 heterocycles. The highest BCUT2D eigenvalue weighted by Gasteiger charge is 2.03. The summed E-state index contributed by atoms with van der Waals surface area (Å²) in [5.74, 6) is 0. The van der Waals surface area contributed by atoms with E-state index >= 15 is 0 Å². The van der Waals surface area contributed by atoms with Gasteiger partial charge in [0.25, 0.3) is 0 Å². The molecule has 94 valence electrons. The first kappa shape index (κ1) is 12.9. The first-order valence-corrected chi connectivity index (χ1v) is 6.20. The largest absolute Gasteiger partial charge is 0.0862 e. The fourth-order valence-electron chi connectivity index (χ4n) is 1.86. The highest BCUT2D eigenvalue weighted by Crippen LogP contribution is 2.10. The molecule has 3 nitrogen and oxygen atoms in total. The van der Waals surface area contributed by atoms with Gasteiger partial charge in [0.05, 0.1) is 6.04 Å². The van der Waals surface area contributed by atoms with Crippen LogP contribution in [0.1, 0.15) is 11.1 Å². The Kier molecular flexibility index (Phi) is 4.79. The third-order valence-corrected chi connectivity index (χ3v) is 2.80. The Morgan fingerprint density at radius 1 is 1.00 bits per heavy atom. The van der Waals surface area contributed by atoms with Crippen molar-refractivity contribution in [3.05, 3.63) is 88.3 Å². The highest BCUT2D eigenvalue weighted by atomic mass is 15.1. The molecule has 3 heteroatoms. The van der Waals surface area contributed by atoms with Gasteiger partial charge in [-0.2, -0.15) is 0 Å². The normalized spacial score (nSPS) is 12.0. The van der Waals surface area contributed by atoms with E-state index in [1.54, 1.807) is 0 Å². The fraction of sp³-hybridized carbons (Fsp3) is 0.125. The molecule has 0 radical (unpaired) electrons. The van der Waals surface area contributed by atoms with E-state index in [1.807, 2.05) is 72.8 Å². The van der Waals surface area contributed by atoms with Gasteiger partial charge in [0.15, 0.2) is 0 Å². The monoisotopic (exact) mass is 249 g/mol. The molecule has 0 bridgehead atoms. The minimum Gasteiger partial charge on any atom is -0.0862 e. The summed E-state index contributed by atoms with van der Waals surface area (Å²) in [6.45, 7) is 0. The Balaban J connectivity index is 2.09. The number of rotatable bonds is 5. The van der Waals surface area contributed by atoms with Gasteiger partial charge in [-0.25, -0.2) is 0 Å². The average molecular weight is 249 g/mol. The molecule has 2 rings (SSSR count). The summed E-state index contributed by atoms with van der Waals surface area (Å²) in [6.07, 6.45) is 4.65. The van der Waals surface area contributed by atoms with Crippen LogP contribution in [0.4, 0.5) is 0 Å². The molecule has 2 aromatic rings. The maximum absolute atomic E-state index is 8.64. The van der Waals surface area contributed by atoms with Crippen molar-refractivity contribution in [2.75, 3.05) is 0 Å². The van der Waals surface area contributed by atoms with Crippen molar-refractivity contribution < 1.29 is 0 Å². The summed E-state index contributed by atoms with van der Waals surface area (Å²) in [6, 6.07) is 19.9. The third kappa shape index (κ3) is 4.34. The number of hydrogen-bond acceptors (Lipinski definition) is 1. The number of benzene rings is 2. The van der Waals surface area contributed by atoms with Gasteiger partial charge in [-0.3, -0.25) is 0 Å². The molecule has 0 saturated carbocycles. The molecule has 0 aliphatic carbocycles. The first-order chi connectivity index (χ1) is 9.38. The maximum atomic E-state index is 8.64. The molecule has 0 fully saturated rings. The van der Waals surface area contributed by atoms with Gasteiger partial charge in [0.2, 0.25) is 0 Å². The summed E-state index contributed by atoms with van der Waals surface area (Å²) in [5.41, 5.74) is 10.9. The van der Waals surface area contributed by atoms with Gasteiger partial charge in [0.1, 0.15) is 0 Å². The first-order valence-electron chi connectivity index (χ1n) is 6.20. The van der Waals surface area contributed by atoms with Crippen LogP contribution in [-0.2, 0) is 6.42 Å². The lowest BCUT2D eigenvalue weighted by atomic mass is 10.1. The van der Waals surface area contributed by atoms with Gasteiger partial charge >= 0.3 is 0 Å². The maximum Gasteiger partial charge on any atom is 0.0598 e. The summed E-state index contributed by atoms with van der Waals surface area (Å²) in [4.78, 5) is 2.92. The van der Waals surface area contributed by atoms with Crippen molar-refractivity contribution in [2.45, 2.75) is 12.5 Å². The van der Waals surface area contributed by atoms with E-state index in [9.17, 15) is 0 Å². The summed E-state index contributed by atoms with van der Waals surface area (Å²) >= 11 is 0. The lowest BCUT2D eigenvalue weighted by molar-refractivity contribution is 0.804. The van der Waals surface area contributed by atoms with Crippen molar-refractivity contribution >= 4 is 6.08 Å². The molecule has 0 aliphatic rings. The molecule has 0 N–H and O–H groups in total. The van der Waals surface area contributed by atoms with E-state index in [0.29, 0.717) is 6.42 Å². The van der Waals surface area contributed by atoms with Crippen LogP contribution >= 0.6 is 0 Å². The van der Waals surface area contributed by atoms with Crippen LogP contribution in [0.25, 0.3) is 16.5 Å². The predicted molar refractivity (Wildman–Crippen MR) is 78.6 cm³/mol. The van der Waals surface area contributed by atoms with Gasteiger partial charge in [-0.1, -0.05) is 77.9 Å². The molecule has 0 aliphatic heterocycles. The quantitative estimate of drug-likeness (QED) is 0.421. The average Bonchev–Trinajstić information content (AvgIpc) is 2.47. The Hall–Kier alpha value is -2.51. The Morgan fingerprint density at radius 3 is 2.26 bits per heavy atom. The van der Waals surface area contributed by atoms with Crippen molar-refractivity contribution in [2.24, 2.45) is 5.11 Å². The van der Waals surface area contributed by atoms with E-state index in [4.69, 9.17) is 5.53 Å². The summed E-state index contributed by atoms with van der Waals surface area (Å²) in [7, 11) is 0. The van der Waals surface area contributed by atoms with E-state index < -0.39 is 0 Å². The molecule has 0 aromatic heterocycles. The second-order valence-electron chi connectivity index (χ2n) is 4.23. The van der Waals surface area contributed by atoms with E-state index in [-0.39, 0.29) is 6.04 Å². The molecule has 19 heavy (non-hydrogen) atoms. The molecule has 1 atom stereocenters. The van der Waals surface area contributed by atoms with Gasteiger partial charge in [-0.05, 0) is 23.1 Å². The lowest BCUT2D eigenvalue weighted by Crippen LogP contribution is -2.03. The van der Waals surface area contributed by atoms with Crippen LogP contribution in [-0.4, -0.2) is 6.04 Å². The van der Waals surface area contributed by atoms with E-state index in [1.165, 1.54) is 0 Å². The zero-order chi connectivity index (χ0) is 13.3. The standard InChI is InChI=1S/C16H15N3/c17-19-18-16(13-15-9-5-2-6-10-15)12-11-14-7-3-1-4-8-14/h1-12,16H,13H2/b12-11+. The van der Waals surface area contributed by atoms with Crippen LogP contribution in [0.2, 0.25) is 0 Å². The van der Waals surface area contributed by atoms with Crippen LogP contribution in [0.5, 0.6) is 0 Å². The minimum atomic E-state index is -0.160. The fourth-order valence-corrected chi connectivity index (χ4v) is 1.86. The zero-order valence-corrected chi connectivity index (χ0v) is 10.6. The second-order valence-corrected chi connectivity index (χ2v) is 4.23. The molecule has 2 aromatic carbocycles. The van der Waals surface area contributed by atoms with Crippen LogP contribution in [0.3, 0.4) is 0 Å². The predicted octanol–water partition coefficient (Wildman–Crippen LogP) is 4.62. The molecule has 0 saturated heterocycles. The molecular formula is C16H15N3. The molecular weight excluding hydrogens is 234 g/mol. The number of hydrogen-bond donors (Lipinski definition) is 0. The van der Waals surface area contributed by atoms with Crippen molar-refractivity contribution in [3.8, 4) is 0 Å². The SMILES string of the molecule is [N-]=[N+]=NC(/C=C/c1ccccc1)Cc1ccccc1. The zero-order valence-electron chi connectivity index (χ0n) is 10.6. The van der Waals surface area contributed by atoms with Crippen molar-refractivity contribution in [1.82, 2.24) is 0 Å². The van der Waals surface area contributed by atoms with E-state index in [2.05, 4.69) is 10.0 Å². The van der Waals surface area contributed by atoms with Gasteiger partial charge in [-0.15, -0.1) is 0 Å². The summed E-state index contributed by atoms with van der Waals surface area (Å²) in [5, 5.41) is 3.83. The molecule has 0 spiro atoms. The second kappa shape index (κ2) is 7.04. The smallest absolute Gasteiger partial charge is 0.0598 e.